The van der Waals surface area contributed by atoms with E-state index in [0.717, 1.165) is 4.31 Å². The number of carboxylic acids is 1. The summed E-state index contributed by atoms with van der Waals surface area (Å²) in [6, 6.07) is -0.976. The number of hydrogen-bond acceptors (Lipinski definition) is 4. The SMILES string of the molecule is CCNS(=O)(=O)N1C(C(=O)O)CSC1C(C)C. The zero-order valence-corrected chi connectivity index (χ0v) is 11.7. The maximum Gasteiger partial charge on any atom is 0.322 e. The van der Waals surface area contributed by atoms with Crippen molar-refractivity contribution in [3.8, 4) is 0 Å². The van der Waals surface area contributed by atoms with Crippen LogP contribution >= 0.6 is 11.8 Å². The minimum absolute atomic E-state index is 0.0674. The Morgan fingerprint density at radius 2 is 2.18 bits per heavy atom. The van der Waals surface area contributed by atoms with E-state index in [0.29, 0.717) is 5.75 Å². The van der Waals surface area contributed by atoms with Crippen molar-refractivity contribution < 1.29 is 18.3 Å². The smallest absolute Gasteiger partial charge is 0.322 e. The Labute approximate surface area is 106 Å². The molecule has 0 aromatic rings. The molecular formula is C9H18N2O4S2. The molecule has 0 aromatic heterocycles. The van der Waals surface area contributed by atoms with Crippen LogP contribution in [0.2, 0.25) is 0 Å². The van der Waals surface area contributed by atoms with Crippen molar-refractivity contribution in [2.45, 2.75) is 32.2 Å². The average molecular weight is 282 g/mol. The van der Waals surface area contributed by atoms with Crippen LogP contribution < -0.4 is 4.72 Å². The van der Waals surface area contributed by atoms with Crippen LogP contribution in [-0.4, -0.2) is 47.5 Å². The molecule has 17 heavy (non-hydrogen) atoms. The summed E-state index contributed by atoms with van der Waals surface area (Å²) in [6.07, 6.45) is 0. The quantitative estimate of drug-likeness (QED) is 0.758. The van der Waals surface area contributed by atoms with Gasteiger partial charge in [-0.25, -0.2) is 4.72 Å². The topological polar surface area (TPSA) is 86.7 Å². The Morgan fingerprint density at radius 1 is 1.59 bits per heavy atom. The molecule has 1 aliphatic rings. The zero-order chi connectivity index (χ0) is 13.2. The standard InChI is InChI=1S/C9H18N2O4S2/c1-4-10-17(14,15)11-7(9(12)13)5-16-8(11)6(2)3/h6-8,10H,4-5H2,1-3H3,(H,12,13). The molecule has 2 atom stereocenters. The van der Waals surface area contributed by atoms with E-state index in [2.05, 4.69) is 4.72 Å². The van der Waals surface area contributed by atoms with Crippen LogP contribution in [0.25, 0.3) is 0 Å². The first-order chi connectivity index (χ1) is 7.81. The Hall–Kier alpha value is -0.310. The summed E-state index contributed by atoms with van der Waals surface area (Å²) in [6.45, 7) is 5.69. The summed E-state index contributed by atoms with van der Waals surface area (Å²) in [7, 11) is -3.72. The lowest BCUT2D eigenvalue weighted by molar-refractivity contribution is -0.140. The van der Waals surface area contributed by atoms with Crippen LogP contribution in [0.15, 0.2) is 0 Å². The molecule has 0 amide bonds. The van der Waals surface area contributed by atoms with E-state index in [1.165, 1.54) is 11.8 Å². The normalized spacial score (nSPS) is 26.6. The van der Waals surface area contributed by atoms with E-state index in [9.17, 15) is 13.2 Å². The van der Waals surface area contributed by atoms with Gasteiger partial charge in [-0.15, -0.1) is 11.8 Å². The van der Waals surface area contributed by atoms with Crippen molar-refractivity contribution in [1.82, 2.24) is 9.03 Å². The molecule has 1 rings (SSSR count). The number of aliphatic carboxylic acids is 1. The fourth-order valence-corrected chi connectivity index (χ4v) is 5.25. The second-order valence-electron chi connectivity index (χ2n) is 4.15. The number of hydrogen-bond donors (Lipinski definition) is 2. The molecule has 2 unspecified atom stereocenters. The maximum atomic E-state index is 12.0. The van der Waals surface area contributed by atoms with E-state index in [4.69, 9.17) is 5.11 Å². The third-order valence-electron chi connectivity index (χ3n) is 2.44. The van der Waals surface area contributed by atoms with Gasteiger partial charge in [0, 0.05) is 12.3 Å². The summed E-state index contributed by atoms with van der Waals surface area (Å²) in [5, 5.41) is 8.75. The molecule has 0 spiro atoms. The molecule has 0 saturated carbocycles. The highest BCUT2D eigenvalue weighted by Crippen LogP contribution is 2.35. The molecular weight excluding hydrogens is 264 g/mol. The predicted octanol–water partition coefficient (Wildman–Crippen LogP) is 0.325. The van der Waals surface area contributed by atoms with Crippen LogP contribution in [0.1, 0.15) is 20.8 Å². The van der Waals surface area contributed by atoms with Gasteiger partial charge in [-0.1, -0.05) is 20.8 Å². The highest BCUT2D eigenvalue weighted by molar-refractivity contribution is 8.01. The fourth-order valence-electron chi connectivity index (χ4n) is 1.74. The first-order valence-electron chi connectivity index (χ1n) is 5.43. The Morgan fingerprint density at radius 3 is 2.59 bits per heavy atom. The molecule has 2 N–H and O–H groups in total. The third kappa shape index (κ3) is 3.12. The maximum absolute atomic E-state index is 12.0. The molecule has 0 radical (unpaired) electrons. The summed E-state index contributed by atoms with van der Waals surface area (Å²) >= 11 is 1.37. The van der Waals surface area contributed by atoms with E-state index >= 15 is 0 Å². The molecule has 1 fully saturated rings. The van der Waals surface area contributed by atoms with Crippen LogP contribution in [0.5, 0.6) is 0 Å². The highest BCUT2D eigenvalue weighted by Gasteiger charge is 2.46. The van der Waals surface area contributed by atoms with Crippen molar-refractivity contribution in [2.24, 2.45) is 5.92 Å². The number of thioether (sulfide) groups is 1. The fraction of sp³-hybridized carbons (Fsp3) is 0.889. The third-order valence-corrected chi connectivity index (χ3v) is 5.89. The van der Waals surface area contributed by atoms with Gasteiger partial charge >= 0.3 is 5.97 Å². The number of nitrogens with zero attached hydrogens (tertiary/aromatic N) is 1. The Bertz CT molecular complexity index is 382. The number of carbonyl (C=O) groups is 1. The Kier molecular flexibility index (Phi) is 4.82. The van der Waals surface area contributed by atoms with Crippen LogP contribution in [-0.2, 0) is 15.0 Å². The second-order valence-corrected chi connectivity index (χ2v) is 6.96. The van der Waals surface area contributed by atoms with Crippen molar-refractivity contribution >= 4 is 27.9 Å². The minimum Gasteiger partial charge on any atom is -0.480 e. The van der Waals surface area contributed by atoms with Gasteiger partial charge in [0.1, 0.15) is 6.04 Å². The molecule has 1 saturated heterocycles. The highest BCUT2D eigenvalue weighted by atomic mass is 32.2. The number of nitrogens with one attached hydrogen (secondary N) is 1. The van der Waals surface area contributed by atoms with Gasteiger partial charge in [-0.05, 0) is 5.92 Å². The van der Waals surface area contributed by atoms with Gasteiger partial charge in [0.25, 0.3) is 10.2 Å². The lowest BCUT2D eigenvalue weighted by Gasteiger charge is -2.28. The van der Waals surface area contributed by atoms with E-state index in [1.54, 1.807) is 6.92 Å². The first-order valence-corrected chi connectivity index (χ1v) is 7.92. The van der Waals surface area contributed by atoms with Crippen molar-refractivity contribution in [3.63, 3.8) is 0 Å². The van der Waals surface area contributed by atoms with Gasteiger partial charge in [-0.2, -0.15) is 12.7 Å². The van der Waals surface area contributed by atoms with Gasteiger partial charge in [0.05, 0.1) is 5.37 Å². The molecule has 0 aliphatic carbocycles. The van der Waals surface area contributed by atoms with Gasteiger partial charge in [-0.3, -0.25) is 4.79 Å². The van der Waals surface area contributed by atoms with E-state index in [-0.39, 0.29) is 17.8 Å². The summed E-state index contributed by atoms with van der Waals surface area (Å²) < 4.78 is 27.4. The van der Waals surface area contributed by atoms with Gasteiger partial charge in [0.2, 0.25) is 0 Å². The van der Waals surface area contributed by atoms with Crippen molar-refractivity contribution in [3.05, 3.63) is 0 Å². The van der Waals surface area contributed by atoms with E-state index in [1.807, 2.05) is 13.8 Å². The number of rotatable bonds is 5. The molecule has 100 valence electrons. The van der Waals surface area contributed by atoms with Gasteiger partial charge < -0.3 is 5.11 Å². The van der Waals surface area contributed by atoms with E-state index < -0.39 is 22.2 Å². The largest absolute Gasteiger partial charge is 0.480 e. The molecule has 6 nitrogen and oxygen atoms in total. The first kappa shape index (κ1) is 14.7. The summed E-state index contributed by atoms with van der Waals surface area (Å²) in [5.74, 6) is -0.733. The minimum atomic E-state index is -3.72. The monoisotopic (exact) mass is 282 g/mol. The molecule has 1 aliphatic heterocycles. The number of carboxylic acid groups (broad SMARTS) is 1. The Balaban J connectivity index is 3.05. The molecule has 0 aromatic carbocycles. The van der Waals surface area contributed by atoms with Crippen molar-refractivity contribution in [1.29, 1.82) is 0 Å². The van der Waals surface area contributed by atoms with Crippen LogP contribution in [0.3, 0.4) is 0 Å². The molecule has 1 heterocycles. The summed E-state index contributed by atoms with van der Waals surface area (Å²) in [5.41, 5.74) is 0. The second kappa shape index (κ2) is 5.55. The van der Waals surface area contributed by atoms with Crippen LogP contribution in [0.4, 0.5) is 0 Å². The lowest BCUT2D eigenvalue weighted by atomic mass is 10.2. The zero-order valence-electron chi connectivity index (χ0n) is 10.1. The van der Waals surface area contributed by atoms with Crippen LogP contribution in [0, 0.1) is 5.92 Å². The summed E-state index contributed by atoms with van der Waals surface area (Å²) in [4.78, 5) is 11.1. The van der Waals surface area contributed by atoms with Gasteiger partial charge in [0.15, 0.2) is 0 Å². The molecule has 0 bridgehead atoms. The average Bonchev–Trinajstić information content (AvgIpc) is 2.61. The predicted molar refractivity (Wildman–Crippen MR) is 66.9 cm³/mol. The lowest BCUT2D eigenvalue weighted by Crippen LogP contribution is -2.51. The van der Waals surface area contributed by atoms with Crippen molar-refractivity contribution in [2.75, 3.05) is 12.3 Å². The molecule has 8 heteroatoms.